The van der Waals surface area contributed by atoms with Crippen LogP contribution in [-0.4, -0.2) is 19.7 Å². The molecule has 0 spiro atoms. The van der Waals surface area contributed by atoms with E-state index in [1.807, 2.05) is 16.8 Å². The van der Waals surface area contributed by atoms with Crippen molar-refractivity contribution in [1.29, 1.82) is 0 Å². The molecule has 0 aliphatic rings. The van der Waals surface area contributed by atoms with Crippen LogP contribution in [0.4, 0.5) is 5.69 Å². The van der Waals surface area contributed by atoms with Crippen LogP contribution in [0.25, 0.3) is 0 Å². The first kappa shape index (κ1) is 11.9. The number of hydrogen-bond donors (Lipinski definition) is 1. The third-order valence-electron chi connectivity index (χ3n) is 2.27. The second-order valence-electron chi connectivity index (χ2n) is 3.59. The highest BCUT2D eigenvalue weighted by molar-refractivity contribution is 7.98. The molecule has 0 unspecified atom stereocenters. The van der Waals surface area contributed by atoms with Crippen LogP contribution < -0.4 is 5.73 Å². The molecule has 0 aliphatic heterocycles. The van der Waals surface area contributed by atoms with E-state index in [0.717, 1.165) is 29.6 Å². The average Bonchev–Trinajstić information content (AvgIpc) is 2.76. The summed E-state index contributed by atoms with van der Waals surface area (Å²) in [5.74, 6) is 1.70. The molecule has 0 saturated heterocycles. The Balaban J connectivity index is 2.02. The van der Waals surface area contributed by atoms with Gasteiger partial charge in [-0.15, -0.1) is 0 Å². The molecule has 0 atom stereocenters. The number of anilines is 1. The quantitative estimate of drug-likeness (QED) is 0.820. The second kappa shape index (κ2) is 5.67. The van der Waals surface area contributed by atoms with Crippen LogP contribution in [0, 0.1) is 0 Å². The molecular formula is C11H15N5S. The SMILES string of the molecule is CCCn1ncnc1CSc1ncccc1N. The minimum Gasteiger partial charge on any atom is -0.397 e. The summed E-state index contributed by atoms with van der Waals surface area (Å²) in [6.45, 7) is 3.02. The van der Waals surface area contributed by atoms with Crippen LogP contribution in [-0.2, 0) is 12.3 Å². The van der Waals surface area contributed by atoms with Crippen molar-refractivity contribution in [2.45, 2.75) is 30.7 Å². The smallest absolute Gasteiger partial charge is 0.138 e. The van der Waals surface area contributed by atoms with Crippen LogP contribution in [0.1, 0.15) is 19.2 Å². The minimum absolute atomic E-state index is 0.707. The Labute approximate surface area is 104 Å². The third-order valence-corrected chi connectivity index (χ3v) is 3.29. The molecule has 17 heavy (non-hydrogen) atoms. The maximum atomic E-state index is 5.83. The van der Waals surface area contributed by atoms with E-state index in [4.69, 9.17) is 5.73 Å². The van der Waals surface area contributed by atoms with Gasteiger partial charge in [-0.3, -0.25) is 0 Å². The first-order chi connectivity index (χ1) is 8.31. The molecule has 90 valence electrons. The predicted molar refractivity (Wildman–Crippen MR) is 68.5 cm³/mol. The molecular weight excluding hydrogens is 234 g/mol. The molecule has 0 saturated carbocycles. The number of nitrogens with two attached hydrogens (primary N) is 1. The van der Waals surface area contributed by atoms with Crippen molar-refractivity contribution in [2.24, 2.45) is 0 Å². The van der Waals surface area contributed by atoms with Gasteiger partial charge < -0.3 is 5.73 Å². The Morgan fingerprint density at radius 2 is 2.29 bits per heavy atom. The molecule has 0 fully saturated rings. The van der Waals surface area contributed by atoms with Gasteiger partial charge in [0.15, 0.2) is 0 Å². The van der Waals surface area contributed by atoms with Gasteiger partial charge in [-0.25, -0.2) is 14.6 Å². The fourth-order valence-electron chi connectivity index (χ4n) is 1.46. The van der Waals surface area contributed by atoms with E-state index in [9.17, 15) is 0 Å². The van der Waals surface area contributed by atoms with Gasteiger partial charge in [-0.2, -0.15) is 5.10 Å². The molecule has 0 amide bonds. The number of nitrogen functional groups attached to an aromatic ring is 1. The Hall–Kier alpha value is -1.56. The van der Waals surface area contributed by atoms with Crippen LogP contribution in [0.5, 0.6) is 0 Å². The van der Waals surface area contributed by atoms with E-state index in [-0.39, 0.29) is 0 Å². The van der Waals surface area contributed by atoms with Crippen LogP contribution in [0.2, 0.25) is 0 Å². The molecule has 2 rings (SSSR count). The number of nitrogens with zero attached hydrogens (tertiary/aromatic N) is 4. The lowest BCUT2D eigenvalue weighted by molar-refractivity contribution is 0.581. The minimum atomic E-state index is 0.707. The van der Waals surface area contributed by atoms with Gasteiger partial charge in [0.25, 0.3) is 0 Å². The number of pyridine rings is 1. The van der Waals surface area contributed by atoms with Gasteiger partial charge in [0.1, 0.15) is 17.2 Å². The van der Waals surface area contributed by atoms with E-state index in [2.05, 4.69) is 22.0 Å². The first-order valence-electron chi connectivity index (χ1n) is 5.51. The Morgan fingerprint density at radius 1 is 1.41 bits per heavy atom. The maximum absolute atomic E-state index is 5.83. The number of thioether (sulfide) groups is 1. The molecule has 0 bridgehead atoms. The molecule has 2 aromatic heterocycles. The van der Waals surface area contributed by atoms with Gasteiger partial charge in [-0.1, -0.05) is 18.7 Å². The monoisotopic (exact) mass is 249 g/mol. The molecule has 0 aromatic carbocycles. The highest BCUT2D eigenvalue weighted by Crippen LogP contribution is 2.24. The first-order valence-corrected chi connectivity index (χ1v) is 6.49. The second-order valence-corrected chi connectivity index (χ2v) is 4.55. The van der Waals surface area contributed by atoms with Crippen molar-refractivity contribution in [2.75, 3.05) is 5.73 Å². The Bertz CT molecular complexity index is 482. The molecule has 2 heterocycles. The Kier molecular flexibility index (Phi) is 3.98. The van der Waals surface area contributed by atoms with Crippen molar-refractivity contribution < 1.29 is 0 Å². The average molecular weight is 249 g/mol. The maximum Gasteiger partial charge on any atom is 0.138 e. The van der Waals surface area contributed by atoms with E-state index in [1.165, 1.54) is 0 Å². The lowest BCUT2D eigenvalue weighted by atomic mass is 10.4. The summed E-state index contributed by atoms with van der Waals surface area (Å²) in [5, 5.41) is 5.03. The summed E-state index contributed by atoms with van der Waals surface area (Å²) >= 11 is 1.59. The predicted octanol–water partition coefficient (Wildman–Crippen LogP) is 1.96. The van der Waals surface area contributed by atoms with Crippen molar-refractivity contribution in [3.8, 4) is 0 Å². The zero-order valence-electron chi connectivity index (χ0n) is 9.71. The van der Waals surface area contributed by atoms with Crippen molar-refractivity contribution in [1.82, 2.24) is 19.7 Å². The molecule has 0 aliphatic carbocycles. The van der Waals surface area contributed by atoms with Crippen molar-refractivity contribution in [3.63, 3.8) is 0 Å². The highest BCUT2D eigenvalue weighted by atomic mass is 32.2. The number of aromatic nitrogens is 4. The summed E-state index contributed by atoms with van der Waals surface area (Å²) in [5.41, 5.74) is 6.54. The summed E-state index contributed by atoms with van der Waals surface area (Å²) in [4.78, 5) is 8.48. The summed E-state index contributed by atoms with van der Waals surface area (Å²) < 4.78 is 1.92. The fraction of sp³-hybridized carbons (Fsp3) is 0.364. The number of hydrogen-bond acceptors (Lipinski definition) is 5. The molecule has 2 aromatic rings. The molecule has 6 heteroatoms. The summed E-state index contributed by atoms with van der Waals surface area (Å²) in [6.07, 6.45) is 4.38. The summed E-state index contributed by atoms with van der Waals surface area (Å²) in [6, 6.07) is 3.69. The van der Waals surface area contributed by atoms with E-state index in [0.29, 0.717) is 5.69 Å². The standard InChI is InChI=1S/C11H15N5S/c1-2-6-16-10(14-8-15-16)7-17-11-9(12)4-3-5-13-11/h3-5,8H,2,6-7,12H2,1H3. The molecule has 0 radical (unpaired) electrons. The van der Waals surface area contributed by atoms with Gasteiger partial charge in [-0.05, 0) is 18.6 Å². The molecule has 2 N–H and O–H groups in total. The lowest BCUT2D eigenvalue weighted by Crippen LogP contribution is -2.04. The summed E-state index contributed by atoms with van der Waals surface area (Å²) in [7, 11) is 0. The zero-order valence-corrected chi connectivity index (χ0v) is 10.5. The van der Waals surface area contributed by atoms with Crippen molar-refractivity contribution >= 4 is 17.4 Å². The van der Waals surface area contributed by atoms with E-state index in [1.54, 1.807) is 24.3 Å². The van der Waals surface area contributed by atoms with Gasteiger partial charge in [0.2, 0.25) is 0 Å². The van der Waals surface area contributed by atoms with Crippen molar-refractivity contribution in [3.05, 3.63) is 30.5 Å². The zero-order chi connectivity index (χ0) is 12.1. The van der Waals surface area contributed by atoms with E-state index >= 15 is 0 Å². The molecule has 5 nitrogen and oxygen atoms in total. The van der Waals surface area contributed by atoms with E-state index < -0.39 is 0 Å². The van der Waals surface area contributed by atoms with Gasteiger partial charge in [0, 0.05) is 12.7 Å². The topological polar surface area (TPSA) is 69.6 Å². The largest absolute Gasteiger partial charge is 0.397 e. The van der Waals surface area contributed by atoms with Gasteiger partial charge >= 0.3 is 0 Å². The number of aryl methyl sites for hydroxylation is 1. The normalized spacial score (nSPS) is 10.6. The van der Waals surface area contributed by atoms with Crippen LogP contribution in [0.15, 0.2) is 29.7 Å². The lowest BCUT2D eigenvalue weighted by Gasteiger charge is -2.05. The van der Waals surface area contributed by atoms with Gasteiger partial charge in [0.05, 0.1) is 11.4 Å². The number of rotatable bonds is 5. The van der Waals surface area contributed by atoms with Crippen LogP contribution >= 0.6 is 11.8 Å². The van der Waals surface area contributed by atoms with Crippen LogP contribution in [0.3, 0.4) is 0 Å². The highest BCUT2D eigenvalue weighted by Gasteiger charge is 2.06. The Morgan fingerprint density at radius 3 is 3.06 bits per heavy atom. The third kappa shape index (κ3) is 2.97. The fourth-order valence-corrected chi connectivity index (χ4v) is 2.31.